The van der Waals surface area contributed by atoms with Crippen LogP contribution in [0, 0.1) is 5.92 Å². The second-order valence-electron chi connectivity index (χ2n) is 8.73. The first kappa shape index (κ1) is 20.5. The van der Waals surface area contributed by atoms with Gasteiger partial charge in [0.1, 0.15) is 0 Å². The number of aryl methyl sites for hydroxylation is 1. The van der Waals surface area contributed by atoms with Gasteiger partial charge >= 0.3 is 0 Å². The Kier molecular flexibility index (Phi) is 6.38. The van der Waals surface area contributed by atoms with E-state index in [4.69, 9.17) is 0 Å². The van der Waals surface area contributed by atoms with Gasteiger partial charge in [0.15, 0.2) is 0 Å². The number of aromatic nitrogens is 1. The quantitative estimate of drug-likeness (QED) is 0.298. The highest BCUT2D eigenvalue weighted by atomic mass is 14.7. The lowest BCUT2D eigenvalue weighted by molar-refractivity contribution is 0.247. The van der Waals surface area contributed by atoms with Gasteiger partial charge in [0.05, 0.1) is 0 Å². The third kappa shape index (κ3) is 4.21. The molecule has 3 aromatic carbocycles. The van der Waals surface area contributed by atoms with Crippen molar-refractivity contribution in [2.75, 3.05) is 0 Å². The van der Waals surface area contributed by atoms with Crippen LogP contribution in [0.15, 0.2) is 91.1 Å². The Labute approximate surface area is 181 Å². The Bertz CT molecular complexity index is 1050. The first-order chi connectivity index (χ1) is 14.7. The zero-order chi connectivity index (χ0) is 20.8. The Morgan fingerprint density at radius 2 is 1.50 bits per heavy atom. The monoisotopic (exact) mass is 395 g/mol. The van der Waals surface area contributed by atoms with Crippen molar-refractivity contribution in [2.45, 2.75) is 51.4 Å². The van der Waals surface area contributed by atoms with Gasteiger partial charge in [-0.05, 0) is 54.4 Å². The summed E-state index contributed by atoms with van der Waals surface area (Å²) < 4.78 is 0. The minimum absolute atomic E-state index is 0.135. The molecule has 1 heterocycles. The van der Waals surface area contributed by atoms with Crippen molar-refractivity contribution >= 4 is 10.9 Å². The zero-order valence-electron chi connectivity index (χ0n) is 18.3. The highest BCUT2D eigenvalue weighted by Gasteiger charge is 2.37. The molecule has 0 aliphatic heterocycles. The molecule has 2 unspecified atom stereocenters. The van der Waals surface area contributed by atoms with E-state index in [9.17, 15) is 0 Å². The van der Waals surface area contributed by atoms with Gasteiger partial charge in [0.2, 0.25) is 0 Å². The molecule has 154 valence electrons. The molecule has 1 N–H and O–H groups in total. The second-order valence-corrected chi connectivity index (χ2v) is 8.73. The lowest BCUT2D eigenvalue weighted by Gasteiger charge is -2.40. The summed E-state index contributed by atoms with van der Waals surface area (Å²) >= 11 is 0. The Morgan fingerprint density at radius 3 is 2.23 bits per heavy atom. The van der Waals surface area contributed by atoms with Crippen molar-refractivity contribution in [3.8, 4) is 0 Å². The van der Waals surface area contributed by atoms with E-state index in [1.165, 1.54) is 46.9 Å². The summed E-state index contributed by atoms with van der Waals surface area (Å²) in [5, 5.41) is 1.36. The fourth-order valence-corrected chi connectivity index (χ4v) is 5.18. The molecule has 1 heteroatoms. The van der Waals surface area contributed by atoms with Gasteiger partial charge in [0.25, 0.3) is 0 Å². The summed E-state index contributed by atoms with van der Waals surface area (Å²) in [7, 11) is 0. The standard InChI is InChI=1S/C29H33N/c1-3-20-29(26-14-8-5-9-15-26,23(2)18-19-24-12-6-4-7-13-24)21-25-22-30-28-17-11-10-16-27(25)28/h4-17,22-23,30H,3,18-21H2,1-2H3. The predicted octanol–water partition coefficient (Wildman–Crippen LogP) is 7.72. The molecule has 0 spiro atoms. The number of rotatable bonds is 9. The number of hydrogen-bond acceptors (Lipinski definition) is 0. The molecule has 0 amide bonds. The minimum atomic E-state index is 0.135. The van der Waals surface area contributed by atoms with E-state index in [1.807, 2.05) is 0 Å². The molecular weight excluding hydrogens is 362 g/mol. The van der Waals surface area contributed by atoms with Crippen LogP contribution in [-0.4, -0.2) is 4.98 Å². The molecule has 0 saturated heterocycles. The summed E-state index contributed by atoms with van der Waals surface area (Å²) in [5.41, 5.74) is 5.74. The average molecular weight is 396 g/mol. The van der Waals surface area contributed by atoms with Gasteiger partial charge in [-0.15, -0.1) is 0 Å². The van der Waals surface area contributed by atoms with E-state index in [1.54, 1.807) is 0 Å². The van der Waals surface area contributed by atoms with E-state index in [2.05, 4.69) is 110 Å². The molecule has 0 saturated carbocycles. The van der Waals surface area contributed by atoms with Crippen molar-refractivity contribution in [3.05, 3.63) is 108 Å². The third-order valence-electron chi connectivity index (χ3n) is 6.88. The maximum Gasteiger partial charge on any atom is 0.0456 e. The van der Waals surface area contributed by atoms with Crippen LogP contribution in [0.4, 0.5) is 0 Å². The van der Waals surface area contributed by atoms with E-state index < -0.39 is 0 Å². The number of para-hydroxylation sites is 1. The fourth-order valence-electron chi connectivity index (χ4n) is 5.18. The molecule has 4 aromatic rings. The van der Waals surface area contributed by atoms with Gasteiger partial charge in [-0.1, -0.05) is 99.1 Å². The molecular formula is C29H33N. The van der Waals surface area contributed by atoms with E-state index in [0.717, 1.165) is 12.8 Å². The van der Waals surface area contributed by atoms with E-state index >= 15 is 0 Å². The molecule has 0 aliphatic rings. The highest BCUT2D eigenvalue weighted by Crippen LogP contribution is 2.43. The third-order valence-corrected chi connectivity index (χ3v) is 6.88. The molecule has 0 bridgehead atoms. The maximum atomic E-state index is 3.50. The van der Waals surface area contributed by atoms with Crippen LogP contribution in [-0.2, 0) is 18.3 Å². The highest BCUT2D eigenvalue weighted by molar-refractivity contribution is 5.83. The number of aromatic amines is 1. The Balaban J connectivity index is 1.71. The van der Waals surface area contributed by atoms with E-state index in [-0.39, 0.29) is 5.41 Å². The van der Waals surface area contributed by atoms with Crippen LogP contribution in [0.1, 0.15) is 49.8 Å². The maximum absolute atomic E-state index is 3.50. The molecule has 4 rings (SSSR count). The largest absolute Gasteiger partial charge is 0.361 e. The van der Waals surface area contributed by atoms with Crippen LogP contribution in [0.3, 0.4) is 0 Å². The minimum Gasteiger partial charge on any atom is -0.361 e. The molecule has 0 radical (unpaired) electrons. The van der Waals surface area contributed by atoms with Gasteiger partial charge < -0.3 is 4.98 Å². The van der Waals surface area contributed by atoms with Crippen molar-refractivity contribution in [1.29, 1.82) is 0 Å². The van der Waals surface area contributed by atoms with Gasteiger partial charge in [-0.3, -0.25) is 0 Å². The summed E-state index contributed by atoms with van der Waals surface area (Å²) in [5.74, 6) is 0.578. The fraction of sp³-hybridized carbons (Fsp3) is 0.310. The first-order valence-electron chi connectivity index (χ1n) is 11.4. The van der Waals surface area contributed by atoms with Crippen molar-refractivity contribution < 1.29 is 0 Å². The second kappa shape index (κ2) is 9.34. The summed E-state index contributed by atoms with van der Waals surface area (Å²) in [6, 6.07) is 30.9. The normalized spacial score (nSPS) is 14.5. The van der Waals surface area contributed by atoms with Gasteiger partial charge in [-0.25, -0.2) is 0 Å². The van der Waals surface area contributed by atoms with Crippen LogP contribution >= 0.6 is 0 Å². The van der Waals surface area contributed by atoms with Crippen molar-refractivity contribution in [2.24, 2.45) is 5.92 Å². The lowest BCUT2D eigenvalue weighted by atomic mass is 9.63. The number of nitrogens with one attached hydrogen (secondary N) is 1. The average Bonchev–Trinajstić information content (AvgIpc) is 3.21. The van der Waals surface area contributed by atoms with Gasteiger partial charge in [0, 0.05) is 22.5 Å². The molecule has 1 aromatic heterocycles. The Morgan fingerprint density at radius 1 is 0.833 bits per heavy atom. The lowest BCUT2D eigenvalue weighted by Crippen LogP contribution is -2.36. The van der Waals surface area contributed by atoms with Crippen LogP contribution < -0.4 is 0 Å². The molecule has 2 atom stereocenters. The topological polar surface area (TPSA) is 15.8 Å². The van der Waals surface area contributed by atoms with Crippen LogP contribution in [0.25, 0.3) is 10.9 Å². The summed E-state index contributed by atoms with van der Waals surface area (Å²) in [4.78, 5) is 3.50. The first-order valence-corrected chi connectivity index (χ1v) is 11.4. The smallest absolute Gasteiger partial charge is 0.0456 e. The summed E-state index contributed by atoms with van der Waals surface area (Å²) in [6.07, 6.45) is 8.03. The van der Waals surface area contributed by atoms with Crippen molar-refractivity contribution in [3.63, 3.8) is 0 Å². The molecule has 30 heavy (non-hydrogen) atoms. The number of H-pyrrole nitrogens is 1. The Hall–Kier alpha value is -2.80. The molecule has 1 nitrogen and oxygen atoms in total. The molecule has 0 aliphatic carbocycles. The van der Waals surface area contributed by atoms with E-state index in [0.29, 0.717) is 5.92 Å². The molecule has 0 fully saturated rings. The van der Waals surface area contributed by atoms with Crippen molar-refractivity contribution in [1.82, 2.24) is 4.98 Å². The van der Waals surface area contributed by atoms with Crippen LogP contribution in [0.5, 0.6) is 0 Å². The number of fused-ring (bicyclic) bond motifs is 1. The predicted molar refractivity (Wildman–Crippen MR) is 129 cm³/mol. The van der Waals surface area contributed by atoms with Gasteiger partial charge in [-0.2, -0.15) is 0 Å². The number of benzene rings is 3. The zero-order valence-corrected chi connectivity index (χ0v) is 18.3. The number of hydrogen-bond donors (Lipinski definition) is 1. The summed E-state index contributed by atoms with van der Waals surface area (Å²) in [6.45, 7) is 4.80. The van der Waals surface area contributed by atoms with Crippen LogP contribution in [0.2, 0.25) is 0 Å². The SMILES string of the molecule is CCCC(Cc1c[nH]c2ccccc12)(c1ccccc1)C(C)CCc1ccccc1.